The first-order valence-electron chi connectivity index (χ1n) is 5.85. The third-order valence-corrected chi connectivity index (χ3v) is 3.78. The molecule has 0 saturated carbocycles. The highest BCUT2D eigenvalue weighted by atomic mass is 32.2. The Balaban J connectivity index is 2.75. The maximum Gasteiger partial charge on any atom is 0.337 e. The highest BCUT2D eigenvalue weighted by molar-refractivity contribution is 7.89. The van der Waals surface area contributed by atoms with Crippen molar-refractivity contribution in [2.45, 2.75) is 19.2 Å². The van der Waals surface area contributed by atoms with Crippen molar-refractivity contribution in [2.75, 3.05) is 6.26 Å². The van der Waals surface area contributed by atoms with E-state index in [1.807, 2.05) is 6.92 Å². The third kappa shape index (κ3) is 2.63. The Labute approximate surface area is 111 Å². The summed E-state index contributed by atoms with van der Waals surface area (Å²) in [5.41, 5.74) is 1.39. The number of carboxylic acid groups (broad SMARTS) is 1. The van der Waals surface area contributed by atoms with E-state index in [9.17, 15) is 18.3 Å². The maximum absolute atomic E-state index is 11.4. The summed E-state index contributed by atoms with van der Waals surface area (Å²) in [5.74, 6) is -1.10. The molecular formula is C13H15NO4S. The van der Waals surface area contributed by atoms with Crippen LogP contribution in [0, 0.1) is 0 Å². The number of para-hydroxylation sites is 1. The Morgan fingerprint density at radius 2 is 2.05 bits per heavy atom. The summed E-state index contributed by atoms with van der Waals surface area (Å²) in [6.45, 7) is 2.39. The van der Waals surface area contributed by atoms with E-state index in [-0.39, 0.29) is 11.3 Å². The first-order valence-corrected chi connectivity index (χ1v) is 7.91. The molecule has 1 aromatic heterocycles. The number of rotatable bonds is 4. The van der Waals surface area contributed by atoms with Crippen LogP contribution in [0.25, 0.3) is 10.9 Å². The Bertz CT molecular complexity index is 743. The lowest BCUT2D eigenvalue weighted by Crippen LogP contribution is -2.09. The SMILES string of the molecule is CCn1c(CS(C)(=O)=O)cc2cccc(C(=O)O)c21. The van der Waals surface area contributed by atoms with Gasteiger partial charge >= 0.3 is 5.97 Å². The van der Waals surface area contributed by atoms with Gasteiger partial charge in [-0.1, -0.05) is 12.1 Å². The largest absolute Gasteiger partial charge is 0.478 e. The molecule has 5 nitrogen and oxygen atoms in total. The molecule has 1 heterocycles. The number of carbonyl (C=O) groups is 1. The molecule has 0 atom stereocenters. The van der Waals surface area contributed by atoms with E-state index in [2.05, 4.69) is 0 Å². The lowest BCUT2D eigenvalue weighted by molar-refractivity contribution is 0.0698. The van der Waals surface area contributed by atoms with Gasteiger partial charge in [0.25, 0.3) is 0 Å². The fourth-order valence-corrected chi connectivity index (χ4v) is 3.08. The minimum Gasteiger partial charge on any atom is -0.478 e. The lowest BCUT2D eigenvalue weighted by atomic mass is 10.1. The van der Waals surface area contributed by atoms with Crippen molar-refractivity contribution in [3.8, 4) is 0 Å². The van der Waals surface area contributed by atoms with Crippen molar-refractivity contribution in [3.05, 3.63) is 35.5 Å². The first-order chi connectivity index (χ1) is 8.83. The molecule has 2 rings (SSSR count). The van der Waals surface area contributed by atoms with Crippen molar-refractivity contribution < 1.29 is 18.3 Å². The quantitative estimate of drug-likeness (QED) is 0.928. The number of sulfone groups is 1. The summed E-state index contributed by atoms with van der Waals surface area (Å²) < 4.78 is 24.6. The Morgan fingerprint density at radius 3 is 2.58 bits per heavy atom. The maximum atomic E-state index is 11.4. The molecule has 1 N–H and O–H groups in total. The van der Waals surface area contributed by atoms with Crippen LogP contribution in [0.4, 0.5) is 0 Å². The molecular weight excluding hydrogens is 266 g/mol. The molecule has 0 radical (unpaired) electrons. The Kier molecular flexibility index (Phi) is 3.36. The fourth-order valence-electron chi connectivity index (χ4n) is 2.30. The molecule has 0 spiro atoms. The number of nitrogens with zero attached hydrogens (tertiary/aromatic N) is 1. The van der Waals surface area contributed by atoms with Gasteiger partial charge in [-0.05, 0) is 19.1 Å². The number of fused-ring (bicyclic) bond motifs is 1. The van der Waals surface area contributed by atoms with E-state index in [4.69, 9.17) is 0 Å². The van der Waals surface area contributed by atoms with Crippen LogP contribution >= 0.6 is 0 Å². The van der Waals surface area contributed by atoms with Gasteiger partial charge < -0.3 is 9.67 Å². The molecule has 2 aromatic rings. The number of aromatic nitrogens is 1. The molecule has 102 valence electrons. The van der Waals surface area contributed by atoms with Gasteiger partial charge in [0.05, 0.1) is 16.8 Å². The number of hydrogen-bond donors (Lipinski definition) is 1. The van der Waals surface area contributed by atoms with Gasteiger partial charge in [-0.3, -0.25) is 0 Å². The monoisotopic (exact) mass is 281 g/mol. The minimum atomic E-state index is -3.16. The molecule has 0 unspecified atom stereocenters. The Morgan fingerprint density at radius 1 is 1.37 bits per heavy atom. The molecule has 6 heteroatoms. The summed E-state index contributed by atoms with van der Waals surface area (Å²) in [4.78, 5) is 11.2. The molecule has 0 bridgehead atoms. The lowest BCUT2D eigenvalue weighted by Gasteiger charge is -2.08. The molecule has 0 aliphatic rings. The predicted molar refractivity (Wildman–Crippen MR) is 73.1 cm³/mol. The topological polar surface area (TPSA) is 76.4 Å². The molecule has 0 aliphatic heterocycles. The summed E-state index contributed by atoms with van der Waals surface area (Å²) in [6, 6.07) is 6.73. The average molecular weight is 281 g/mol. The number of benzene rings is 1. The third-order valence-electron chi connectivity index (χ3n) is 2.96. The number of hydrogen-bond acceptors (Lipinski definition) is 3. The molecule has 0 fully saturated rings. The Hall–Kier alpha value is -1.82. The van der Waals surface area contributed by atoms with Crippen LogP contribution in [0.3, 0.4) is 0 Å². The van der Waals surface area contributed by atoms with Gasteiger partial charge in [-0.2, -0.15) is 0 Å². The van der Waals surface area contributed by atoms with Crippen LogP contribution in [-0.2, 0) is 22.1 Å². The highest BCUT2D eigenvalue weighted by Crippen LogP contribution is 2.25. The normalized spacial score (nSPS) is 11.9. The molecule has 0 aliphatic carbocycles. The molecule has 19 heavy (non-hydrogen) atoms. The van der Waals surface area contributed by atoms with Crippen molar-refractivity contribution in [1.29, 1.82) is 0 Å². The van der Waals surface area contributed by atoms with E-state index < -0.39 is 15.8 Å². The number of aromatic carboxylic acids is 1. The van der Waals surface area contributed by atoms with Crippen LogP contribution in [-0.4, -0.2) is 30.3 Å². The summed E-state index contributed by atoms with van der Waals surface area (Å²) in [5, 5.41) is 9.96. The van der Waals surface area contributed by atoms with E-state index in [0.717, 1.165) is 5.39 Å². The summed E-state index contributed by atoms with van der Waals surface area (Å²) in [6.07, 6.45) is 1.17. The standard InChI is InChI=1S/C13H15NO4S/c1-3-14-10(8-19(2,17)18)7-9-5-4-6-11(12(9)14)13(15)16/h4-7H,3,8H2,1-2H3,(H,15,16). The van der Waals surface area contributed by atoms with Gasteiger partial charge in [0.15, 0.2) is 9.84 Å². The van der Waals surface area contributed by atoms with E-state index in [1.165, 1.54) is 12.3 Å². The molecule has 0 saturated heterocycles. The second kappa shape index (κ2) is 4.70. The minimum absolute atomic E-state index is 0.0887. The average Bonchev–Trinajstić information content (AvgIpc) is 2.62. The second-order valence-electron chi connectivity index (χ2n) is 4.50. The first kappa shape index (κ1) is 13.6. The zero-order valence-corrected chi connectivity index (χ0v) is 11.6. The number of aryl methyl sites for hydroxylation is 1. The predicted octanol–water partition coefficient (Wildman–Crippen LogP) is 1.90. The summed E-state index contributed by atoms with van der Waals surface area (Å²) in [7, 11) is -3.16. The van der Waals surface area contributed by atoms with Gasteiger partial charge in [-0.25, -0.2) is 13.2 Å². The van der Waals surface area contributed by atoms with Crippen molar-refractivity contribution in [3.63, 3.8) is 0 Å². The highest BCUT2D eigenvalue weighted by Gasteiger charge is 2.17. The van der Waals surface area contributed by atoms with Crippen molar-refractivity contribution >= 4 is 26.7 Å². The van der Waals surface area contributed by atoms with Crippen LogP contribution in [0.5, 0.6) is 0 Å². The molecule has 0 amide bonds. The van der Waals surface area contributed by atoms with Crippen LogP contribution in [0.15, 0.2) is 24.3 Å². The van der Waals surface area contributed by atoms with E-state index in [0.29, 0.717) is 17.8 Å². The fraction of sp³-hybridized carbons (Fsp3) is 0.308. The number of carboxylic acids is 1. The zero-order valence-electron chi connectivity index (χ0n) is 10.8. The van der Waals surface area contributed by atoms with Crippen molar-refractivity contribution in [2.24, 2.45) is 0 Å². The van der Waals surface area contributed by atoms with Crippen LogP contribution in [0.2, 0.25) is 0 Å². The van der Waals surface area contributed by atoms with E-state index >= 15 is 0 Å². The van der Waals surface area contributed by atoms with Crippen molar-refractivity contribution in [1.82, 2.24) is 4.57 Å². The van der Waals surface area contributed by atoms with Crippen LogP contribution < -0.4 is 0 Å². The zero-order chi connectivity index (χ0) is 14.2. The van der Waals surface area contributed by atoms with Gasteiger partial charge in [0.2, 0.25) is 0 Å². The van der Waals surface area contributed by atoms with Gasteiger partial charge in [0, 0.05) is 23.9 Å². The molecule has 1 aromatic carbocycles. The second-order valence-corrected chi connectivity index (χ2v) is 6.64. The van der Waals surface area contributed by atoms with E-state index in [1.54, 1.807) is 22.8 Å². The smallest absolute Gasteiger partial charge is 0.337 e. The summed E-state index contributed by atoms with van der Waals surface area (Å²) >= 11 is 0. The van der Waals surface area contributed by atoms with Gasteiger partial charge in [-0.15, -0.1) is 0 Å². The van der Waals surface area contributed by atoms with Crippen LogP contribution in [0.1, 0.15) is 23.0 Å². The van der Waals surface area contributed by atoms with Gasteiger partial charge in [0.1, 0.15) is 0 Å².